The van der Waals surface area contributed by atoms with Gasteiger partial charge in [-0.2, -0.15) is 0 Å². The molecule has 0 bridgehead atoms. The zero-order valence-electron chi connectivity index (χ0n) is 18.9. The minimum absolute atomic E-state index is 0.174. The van der Waals surface area contributed by atoms with E-state index in [-0.39, 0.29) is 12.0 Å². The van der Waals surface area contributed by atoms with Gasteiger partial charge >= 0.3 is 5.97 Å². The van der Waals surface area contributed by atoms with Gasteiger partial charge in [0.05, 0.1) is 12.2 Å². The molecule has 0 amide bonds. The largest absolute Gasteiger partial charge is 0.459 e. The van der Waals surface area contributed by atoms with Crippen LogP contribution in [0, 0.1) is 5.41 Å². The van der Waals surface area contributed by atoms with Crippen LogP contribution in [0.15, 0.2) is 18.5 Å². The Morgan fingerprint density at radius 1 is 1.07 bits per heavy atom. The van der Waals surface area contributed by atoms with E-state index in [1.165, 1.54) is 70.6 Å². The van der Waals surface area contributed by atoms with Crippen molar-refractivity contribution in [1.82, 2.24) is 4.57 Å². The van der Waals surface area contributed by atoms with Gasteiger partial charge in [-0.25, -0.2) is 4.79 Å². The van der Waals surface area contributed by atoms with Gasteiger partial charge in [0.1, 0.15) is 12.7 Å². The van der Waals surface area contributed by atoms with Crippen molar-refractivity contribution in [2.24, 2.45) is 5.41 Å². The minimum atomic E-state index is -1.03. The molecule has 0 radical (unpaired) electrons. The van der Waals surface area contributed by atoms with Crippen molar-refractivity contribution in [3.8, 4) is 0 Å². The fourth-order valence-electron chi connectivity index (χ4n) is 3.63. The third kappa shape index (κ3) is 12.1. The third-order valence-electron chi connectivity index (χ3n) is 5.42. The van der Waals surface area contributed by atoms with Gasteiger partial charge in [-0.3, -0.25) is 0 Å². The predicted octanol–water partition coefficient (Wildman–Crippen LogP) is 5.34. The Bertz CT molecular complexity index is 553. The van der Waals surface area contributed by atoms with Gasteiger partial charge in [0.15, 0.2) is 0 Å². The van der Waals surface area contributed by atoms with Crippen LogP contribution in [0.25, 0.3) is 0 Å². The van der Waals surface area contributed by atoms with E-state index in [0.29, 0.717) is 5.56 Å². The zero-order valence-corrected chi connectivity index (χ0v) is 18.9. The average Bonchev–Trinajstić information content (AvgIpc) is 3.15. The Morgan fingerprint density at radius 3 is 2.24 bits per heavy atom. The molecule has 0 aromatic carbocycles. The molecule has 1 heterocycles. The molecular formula is C24H43NO4. The van der Waals surface area contributed by atoms with Crippen molar-refractivity contribution in [2.75, 3.05) is 13.2 Å². The van der Waals surface area contributed by atoms with Crippen molar-refractivity contribution in [3.63, 3.8) is 0 Å². The summed E-state index contributed by atoms with van der Waals surface area (Å²) in [5.41, 5.74) is 0.651. The highest BCUT2D eigenvalue weighted by Crippen LogP contribution is 2.27. The van der Waals surface area contributed by atoms with Crippen LogP contribution in [-0.4, -0.2) is 40.1 Å². The lowest BCUT2D eigenvalue weighted by molar-refractivity contribution is 0.00932. The van der Waals surface area contributed by atoms with E-state index < -0.39 is 18.7 Å². The summed E-state index contributed by atoms with van der Waals surface area (Å²) >= 11 is 0. The fraction of sp³-hybridized carbons (Fsp3) is 0.792. The van der Waals surface area contributed by atoms with Crippen LogP contribution in [0.4, 0.5) is 0 Å². The van der Waals surface area contributed by atoms with Gasteiger partial charge in [-0.05, 0) is 17.9 Å². The normalized spacial score (nSPS) is 12.9. The van der Waals surface area contributed by atoms with Crippen LogP contribution in [0.1, 0.15) is 102 Å². The average molecular weight is 410 g/mol. The van der Waals surface area contributed by atoms with Crippen molar-refractivity contribution < 1.29 is 19.7 Å². The summed E-state index contributed by atoms with van der Waals surface area (Å²) in [7, 11) is 0. The number of hydrogen-bond donors (Lipinski definition) is 2. The number of rotatable bonds is 17. The second-order valence-electron chi connectivity index (χ2n) is 9.10. The molecule has 0 aliphatic carbocycles. The van der Waals surface area contributed by atoms with Crippen molar-refractivity contribution in [2.45, 2.75) is 104 Å². The maximum absolute atomic E-state index is 12.0. The maximum atomic E-state index is 12.0. The van der Waals surface area contributed by atoms with Gasteiger partial charge in [0.2, 0.25) is 0 Å². The molecule has 0 aliphatic heterocycles. The molecule has 5 heteroatoms. The molecule has 0 fully saturated rings. The summed E-state index contributed by atoms with van der Waals surface area (Å²) in [5.74, 6) is -0.469. The zero-order chi connectivity index (χ0) is 21.5. The number of aromatic nitrogens is 1. The molecule has 0 spiro atoms. The Balaban J connectivity index is 2.21. The highest BCUT2D eigenvalue weighted by Gasteiger charge is 2.19. The standard InChI is InChI=1S/C24H43NO4/c1-4-5-6-7-8-9-10-11-12-13-15-24(2,3)20-25-16-14-21(17-25)23(28)29-19-22(27)18-26/h14,16-17,22,26-27H,4-13,15,18-20H2,1-3H3. The number of hydrogen-bond acceptors (Lipinski definition) is 4. The number of unbranched alkanes of at least 4 members (excludes halogenated alkanes) is 9. The fourth-order valence-corrected chi connectivity index (χ4v) is 3.63. The second kappa shape index (κ2) is 14.6. The second-order valence-corrected chi connectivity index (χ2v) is 9.10. The molecule has 2 N–H and O–H groups in total. The molecular weight excluding hydrogens is 366 g/mol. The Labute approximate surface area is 177 Å². The van der Waals surface area contributed by atoms with Crippen LogP contribution in [0.3, 0.4) is 0 Å². The SMILES string of the molecule is CCCCCCCCCCCCC(C)(C)Cn1ccc(C(=O)OCC(O)CO)c1. The number of ether oxygens (including phenoxy) is 1. The predicted molar refractivity (Wildman–Crippen MR) is 118 cm³/mol. The molecule has 1 rings (SSSR count). The highest BCUT2D eigenvalue weighted by atomic mass is 16.5. The molecule has 1 atom stereocenters. The number of carbonyl (C=O) groups excluding carboxylic acids is 1. The topological polar surface area (TPSA) is 71.7 Å². The summed E-state index contributed by atoms with van der Waals surface area (Å²) in [6.07, 6.45) is 17.4. The van der Waals surface area contributed by atoms with Crippen molar-refractivity contribution >= 4 is 5.97 Å². The molecule has 1 unspecified atom stereocenters. The van der Waals surface area contributed by atoms with Gasteiger partial charge in [-0.1, -0.05) is 85.0 Å². The number of carbonyl (C=O) groups is 1. The van der Waals surface area contributed by atoms with Crippen LogP contribution in [-0.2, 0) is 11.3 Å². The highest BCUT2D eigenvalue weighted by molar-refractivity contribution is 5.89. The minimum Gasteiger partial charge on any atom is -0.459 e. The van der Waals surface area contributed by atoms with Crippen LogP contribution in [0.2, 0.25) is 0 Å². The van der Waals surface area contributed by atoms with E-state index in [9.17, 15) is 9.90 Å². The lowest BCUT2D eigenvalue weighted by Crippen LogP contribution is -2.22. The van der Waals surface area contributed by atoms with E-state index in [0.717, 1.165) is 6.54 Å². The number of esters is 1. The van der Waals surface area contributed by atoms with Crippen LogP contribution >= 0.6 is 0 Å². The molecule has 29 heavy (non-hydrogen) atoms. The van der Waals surface area contributed by atoms with E-state index in [1.54, 1.807) is 12.3 Å². The Kier molecular flexibility index (Phi) is 13.0. The number of aliphatic hydroxyl groups excluding tert-OH is 2. The first-order valence-electron chi connectivity index (χ1n) is 11.5. The molecule has 0 saturated heterocycles. The molecule has 168 valence electrons. The first kappa shape index (κ1) is 25.7. The van der Waals surface area contributed by atoms with E-state index in [1.807, 2.05) is 10.8 Å². The van der Waals surface area contributed by atoms with Gasteiger partial charge in [0.25, 0.3) is 0 Å². The van der Waals surface area contributed by atoms with E-state index in [2.05, 4.69) is 20.8 Å². The lowest BCUT2D eigenvalue weighted by atomic mass is 9.86. The summed E-state index contributed by atoms with van der Waals surface area (Å²) in [6.45, 7) is 7.06. The van der Waals surface area contributed by atoms with Crippen molar-refractivity contribution in [1.29, 1.82) is 0 Å². The molecule has 1 aromatic rings. The van der Waals surface area contributed by atoms with Crippen LogP contribution < -0.4 is 0 Å². The maximum Gasteiger partial charge on any atom is 0.339 e. The van der Waals surface area contributed by atoms with E-state index in [4.69, 9.17) is 9.84 Å². The van der Waals surface area contributed by atoms with Gasteiger partial charge < -0.3 is 19.5 Å². The smallest absolute Gasteiger partial charge is 0.339 e. The first-order chi connectivity index (χ1) is 13.9. The number of nitrogens with zero attached hydrogens (tertiary/aromatic N) is 1. The van der Waals surface area contributed by atoms with Gasteiger partial charge in [0, 0.05) is 18.9 Å². The van der Waals surface area contributed by atoms with Gasteiger partial charge in [-0.15, -0.1) is 0 Å². The monoisotopic (exact) mass is 409 g/mol. The molecule has 1 aromatic heterocycles. The van der Waals surface area contributed by atoms with E-state index >= 15 is 0 Å². The van der Waals surface area contributed by atoms with Crippen molar-refractivity contribution in [3.05, 3.63) is 24.0 Å². The molecule has 0 aliphatic rings. The third-order valence-corrected chi connectivity index (χ3v) is 5.42. The first-order valence-corrected chi connectivity index (χ1v) is 11.5. The number of aliphatic hydroxyl groups is 2. The summed E-state index contributed by atoms with van der Waals surface area (Å²) in [6, 6.07) is 1.74. The molecule has 0 saturated carbocycles. The lowest BCUT2D eigenvalue weighted by Gasteiger charge is -2.25. The summed E-state index contributed by atoms with van der Waals surface area (Å²) in [5, 5.41) is 18.0. The van der Waals surface area contributed by atoms with Crippen LogP contribution in [0.5, 0.6) is 0 Å². The summed E-state index contributed by atoms with van der Waals surface area (Å²) in [4.78, 5) is 12.0. The Hall–Kier alpha value is -1.33. The summed E-state index contributed by atoms with van der Waals surface area (Å²) < 4.78 is 7.04. The molecule has 5 nitrogen and oxygen atoms in total. The Morgan fingerprint density at radius 2 is 1.66 bits per heavy atom. The quantitative estimate of drug-likeness (QED) is 0.269.